The SMILES string of the molecule is COc1ccc(C(=O)N2CCN(C(=O)/C=C/c3ccco3)CC2)cc1. The van der Waals surface area contributed by atoms with Crippen molar-refractivity contribution >= 4 is 17.9 Å². The molecule has 6 heteroatoms. The van der Waals surface area contributed by atoms with E-state index < -0.39 is 0 Å². The van der Waals surface area contributed by atoms with Gasteiger partial charge in [0.2, 0.25) is 5.91 Å². The second kappa shape index (κ2) is 7.70. The van der Waals surface area contributed by atoms with Gasteiger partial charge in [-0.3, -0.25) is 9.59 Å². The number of ether oxygens (including phenoxy) is 1. The van der Waals surface area contributed by atoms with E-state index in [1.165, 1.54) is 6.08 Å². The fourth-order valence-electron chi connectivity index (χ4n) is 2.69. The van der Waals surface area contributed by atoms with E-state index in [9.17, 15) is 9.59 Å². The van der Waals surface area contributed by atoms with Crippen LogP contribution in [0.5, 0.6) is 5.75 Å². The Hall–Kier alpha value is -3.02. The van der Waals surface area contributed by atoms with Crippen LogP contribution in [-0.2, 0) is 4.79 Å². The molecule has 0 bridgehead atoms. The van der Waals surface area contributed by atoms with E-state index in [-0.39, 0.29) is 11.8 Å². The number of furan rings is 1. The zero-order valence-electron chi connectivity index (χ0n) is 14.1. The second-order valence-corrected chi connectivity index (χ2v) is 5.69. The van der Waals surface area contributed by atoms with Gasteiger partial charge in [0.05, 0.1) is 13.4 Å². The average molecular weight is 340 g/mol. The Morgan fingerprint density at radius 1 is 1.04 bits per heavy atom. The summed E-state index contributed by atoms with van der Waals surface area (Å²) in [5.41, 5.74) is 0.623. The van der Waals surface area contributed by atoms with Crippen LogP contribution in [0.1, 0.15) is 16.1 Å². The maximum absolute atomic E-state index is 12.5. The minimum absolute atomic E-state index is 0.0270. The van der Waals surface area contributed by atoms with Crippen molar-refractivity contribution in [1.82, 2.24) is 9.80 Å². The minimum Gasteiger partial charge on any atom is -0.497 e. The fraction of sp³-hybridized carbons (Fsp3) is 0.263. The number of amides is 2. The molecule has 0 spiro atoms. The number of piperazine rings is 1. The van der Waals surface area contributed by atoms with Gasteiger partial charge >= 0.3 is 0 Å². The predicted octanol–water partition coefficient (Wildman–Crippen LogP) is 2.29. The average Bonchev–Trinajstić information content (AvgIpc) is 3.19. The molecule has 6 nitrogen and oxygen atoms in total. The molecule has 25 heavy (non-hydrogen) atoms. The highest BCUT2D eigenvalue weighted by Crippen LogP contribution is 2.14. The first-order valence-electron chi connectivity index (χ1n) is 8.11. The molecule has 1 saturated heterocycles. The molecule has 2 amide bonds. The lowest BCUT2D eigenvalue weighted by Crippen LogP contribution is -2.50. The Kier molecular flexibility index (Phi) is 5.18. The number of rotatable bonds is 4. The fourth-order valence-corrected chi connectivity index (χ4v) is 2.69. The summed E-state index contributed by atoms with van der Waals surface area (Å²) in [5.74, 6) is 1.26. The summed E-state index contributed by atoms with van der Waals surface area (Å²) in [6.07, 6.45) is 4.71. The second-order valence-electron chi connectivity index (χ2n) is 5.69. The van der Waals surface area contributed by atoms with Crippen molar-refractivity contribution in [2.75, 3.05) is 33.3 Å². The van der Waals surface area contributed by atoms with E-state index in [1.807, 2.05) is 0 Å². The minimum atomic E-state index is -0.0760. The molecule has 130 valence electrons. The van der Waals surface area contributed by atoms with E-state index in [4.69, 9.17) is 9.15 Å². The van der Waals surface area contributed by atoms with Crippen molar-refractivity contribution in [3.63, 3.8) is 0 Å². The van der Waals surface area contributed by atoms with Gasteiger partial charge in [-0.2, -0.15) is 0 Å². The maximum atomic E-state index is 12.5. The molecule has 0 atom stereocenters. The quantitative estimate of drug-likeness (QED) is 0.801. The summed E-state index contributed by atoms with van der Waals surface area (Å²) >= 11 is 0. The number of hydrogen-bond donors (Lipinski definition) is 0. The third kappa shape index (κ3) is 4.09. The number of hydrogen-bond acceptors (Lipinski definition) is 4. The van der Waals surface area contributed by atoms with Crippen LogP contribution < -0.4 is 4.74 Å². The van der Waals surface area contributed by atoms with Gasteiger partial charge < -0.3 is 19.0 Å². The van der Waals surface area contributed by atoms with Crippen LogP contribution in [0, 0.1) is 0 Å². The van der Waals surface area contributed by atoms with Crippen molar-refractivity contribution in [2.45, 2.75) is 0 Å². The van der Waals surface area contributed by atoms with Gasteiger partial charge in [0.15, 0.2) is 0 Å². The third-order valence-corrected chi connectivity index (χ3v) is 4.15. The van der Waals surface area contributed by atoms with Gasteiger partial charge in [-0.25, -0.2) is 0 Å². The van der Waals surface area contributed by atoms with Gasteiger partial charge in [-0.15, -0.1) is 0 Å². The highest BCUT2D eigenvalue weighted by atomic mass is 16.5. The van der Waals surface area contributed by atoms with Crippen LogP contribution in [0.15, 0.2) is 53.2 Å². The molecule has 0 aliphatic carbocycles. The molecule has 1 aromatic carbocycles. The number of carbonyl (C=O) groups is 2. The summed E-state index contributed by atoms with van der Waals surface area (Å²) in [6, 6.07) is 10.6. The van der Waals surface area contributed by atoms with Gasteiger partial charge in [-0.05, 0) is 42.5 Å². The first-order valence-corrected chi connectivity index (χ1v) is 8.11. The van der Waals surface area contributed by atoms with Crippen molar-refractivity contribution in [2.24, 2.45) is 0 Å². The Balaban J connectivity index is 1.54. The molecule has 1 aromatic heterocycles. The van der Waals surface area contributed by atoms with Gasteiger partial charge in [0.1, 0.15) is 11.5 Å². The number of carbonyl (C=O) groups excluding carboxylic acids is 2. The molecule has 0 unspecified atom stereocenters. The van der Waals surface area contributed by atoms with Crippen molar-refractivity contribution < 1.29 is 18.7 Å². The summed E-state index contributed by atoms with van der Waals surface area (Å²) in [4.78, 5) is 28.2. The summed E-state index contributed by atoms with van der Waals surface area (Å²) < 4.78 is 10.3. The maximum Gasteiger partial charge on any atom is 0.253 e. The molecule has 0 radical (unpaired) electrons. The number of nitrogens with zero attached hydrogens (tertiary/aromatic N) is 2. The van der Waals surface area contributed by atoms with E-state index in [1.54, 1.807) is 65.6 Å². The largest absolute Gasteiger partial charge is 0.497 e. The first kappa shape index (κ1) is 16.8. The molecular formula is C19H20N2O4. The molecule has 1 aliphatic heterocycles. The van der Waals surface area contributed by atoms with Crippen LogP contribution >= 0.6 is 0 Å². The van der Waals surface area contributed by atoms with E-state index in [0.29, 0.717) is 37.5 Å². The zero-order valence-corrected chi connectivity index (χ0v) is 14.1. The normalized spacial score (nSPS) is 14.8. The molecule has 3 rings (SSSR count). The lowest BCUT2D eigenvalue weighted by Gasteiger charge is -2.34. The first-order chi connectivity index (χ1) is 12.2. The van der Waals surface area contributed by atoms with Gasteiger partial charge in [-0.1, -0.05) is 0 Å². The van der Waals surface area contributed by atoms with E-state index in [0.717, 1.165) is 5.75 Å². The molecule has 0 N–H and O–H groups in total. The Bertz CT molecular complexity index is 742. The van der Waals surface area contributed by atoms with E-state index in [2.05, 4.69) is 0 Å². The molecule has 2 heterocycles. The molecular weight excluding hydrogens is 320 g/mol. The summed E-state index contributed by atoms with van der Waals surface area (Å²) in [6.45, 7) is 2.07. The topological polar surface area (TPSA) is 63.0 Å². The number of methoxy groups -OCH3 is 1. The molecule has 0 saturated carbocycles. The number of benzene rings is 1. The van der Waals surface area contributed by atoms with Gasteiger partial charge in [0.25, 0.3) is 5.91 Å². The molecule has 1 aliphatic rings. The summed E-state index contributed by atoms with van der Waals surface area (Å²) in [5, 5.41) is 0. The highest BCUT2D eigenvalue weighted by Gasteiger charge is 2.23. The van der Waals surface area contributed by atoms with E-state index >= 15 is 0 Å². The molecule has 1 fully saturated rings. The van der Waals surface area contributed by atoms with Crippen LogP contribution in [0.2, 0.25) is 0 Å². The third-order valence-electron chi connectivity index (χ3n) is 4.15. The van der Waals surface area contributed by atoms with Crippen LogP contribution in [0.4, 0.5) is 0 Å². The van der Waals surface area contributed by atoms with Crippen molar-refractivity contribution in [1.29, 1.82) is 0 Å². The van der Waals surface area contributed by atoms with Crippen LogP contribution in [0.25, 0.3) is 6.08 Å². The standard InChI is InChI=1S/C19H20N2O4/c1-24-16-6-4-15(5-7-16)19(23)21-12-10-20(11-13-21)18(22)9-8-17-3-2-14-25-17/h2-9,14H,10-13H2,1H3/b9-8+. The Labute approximate surface area is 146 Å². The van der Waals surface area contributed by atoms with Crippen LogP contribution in [0.3, 0.4) is 0 Å². The lowest BCUT2D eigenvalue weighted by molar-refractivity contribution is -0.127. The lowest BCUT2D eigenvalue weighted by atomic mass is 10.1. The van der Waals surface area contributed by atoms with Crippen molar-refractivity contribution in [3.8, 4) is 5.75 Å². The highest BCUT2D eigenvalue weighted by molar-refractivity contribution is 5.95. The van der Waals surface area contributed by atoms with Gasteiger partial charge in [0, 0.05) is 37.8 Å². The molecule has 2 aromatic rings. The zero-order chi connectivity index (χ0) is 17.6. The van der Waals surface area contributed by atoms with Crippen molar-refractivity contribution in [3.05, 3.63) is 60.1 Å². The monoisotopic (exact) mass is 340 g/mol. The van der Waals surface area contributed by atoms with Crippen LogP contribution in [-0.4, -0.2) is 54.9 Å². The smallest absolute Gasteiger partial charge is 0.253 e. The summed E-state index contributed by atoms with van der Waals surface area (Å²) in [7, 11) is 1.59. The predicted molar refractivity (Wildman–Crippen MR) is 93.2 cm³/mol. The Morgan fingerprint density at radius 2 is 1.72 bits per heavy atom. The Morgan fingerprint density at radius 3 is 2.32 bits per heavy atom.